The fourth-order valence-corrected chi connectivity index (χ4v) is 2.48. The summed E-state index contributed by atoms with van der Waals surface area (Å²) in [5.41, 5.74) is 0.883. The minimum Gasteiger partial charge on any atom is -0.427 e. The Morgan fingerprint density at radius 1 is 1.00 bits per heavy atom. The van der Waals surface area contributed by atoms with Gasteiger partial charge in [0.1, 0.15) is 17.3 Å². The van der Waals surface area contributed by atoms with Gasteiger partial charge in [0.15, 0.2) is 0 Å². The third-order valence-corrected chi connectivity index (χ3v) is 3.55. The highest BCUT2D eigenvalue weighted by Crippen LogP contribution is 2.27. The van der Waals surface area contributed by atoms with Crippen LogP contribution in [0.2, 0.25) is 0 Å². The minimum absolute atomic E-state index is 0.223. The lowest BCUT2D eigenvalue weighted by molar-refractivity contribution is -0.132. The van der Waals surface area contributed by atoms with E-state index in [1.54, 1.807) is 48.6 Å². The van der Waals surface area contributed by atoms with Crippen molar-refractivity contribution in [1.82, 2.24) is 9.97 Å². The van der Waals surface area contributed by atoms with Crippen molar-refractivity contribution in [2.45, 2.75) is 13.8 Å². The van der Waals surface area contributed by atoms with Crippen LogP contribution in [0.1, 0.15) is 25.2 Å². The number of fused-ring (bicyclic) bond motifs is 1. The van der Waals surface area contributed by atoms with Crippen LogP contribution >= 0.6 is 0 Å². The number of nitrogens with one attached hydrogen (secondary N) is 1. The van der Waals surface area contributed by atoms with E-state index in [1.165, 1.54) is 19.9 Å². The van der Waals surface area contributed by atoms with Crippen molar-refractivity contribution in [2.75, 3.05) is 0 Å². The number of para-hydroxylation sites is 1. The second-order valence-electron chi connectivity index (χ2n) is 5.69. The first kappa shape index (κ1) is 18.1. The van der Waals surface area contributed by atoms with E-state index >= 15 is 0 Å². The van der Waals surface area contributed by atoms with E-state index < -0.39 is 11.9 Å². The molecular formula is C20H16N2O5. The summed E-state index contributed by atoms with van der Waals surface area (Å²) in [5, 5.41) is 0.501. The predicted molar refractivity (Wildman–Crippen MR) is 100 cm³/mol. The fraction of sp³-hybridized carbons (Fsp3) is 0.100. The van der Waals surface area contributed by atoms with Crippen LogP contribution in [0, 0.1) is 0 Å². The molecule has 0 aliphatic heterocycles. The second kappa shape index (κ2) is 7.65. The maximum absolute atomic E-state index is 12.1. The van der Waals surface area contributed by atoms with Gasteiger partial charge in [0.05, 0.1) is 10.9 Å². The molecule has 0 amide bonds. The molecule has 0 aliphatic carbocycles. The Morgan fingerprint density at radius 2 is 1.74 bits per heavy atom. The van der Waals surface area contributed by atoms with Crippen LogP contribution in [0.4, 0.5) is 0 Å². The number of benzene rings is 2. The molecule has 1 aromatic heterocycles. The van der Waals surface area contributed by atoms with Gasteiger partial charge in [0.25, 0.3) is 5.56 Å². The Morgan fingerprint density at radius 3 is 2.48 bits per heavy atom. The van der Waals surface area contributed by atoms with Gasteiger partial charge in [-0.05, 0) is 36.4 Å². The van der Waals surface area contributed by atoms with E-state index in [1.807, 2.05) is 0 Å². The quantitative estimate of drug-likeness (QED) is 0.564. The molecule has 0 fully saturated rings. The highest BCUT2D eigenvalue weighted by molar-refractivity contribution is 5.80. The Kier molecular flexibility index (Phi) is 5.12. The lowest BCUT2D eigenvalue weighted by Crippen LogP contribution is -2.09. The predicted octanol–water partition coefficient (Wildman–Crippen LogP) is 2.94. The molecule has 0 aliphatic rings. The molecule has 0 unspecified atom stereocenters. The number of ether oxygens (including phenoxy) is 2. The van der Waals surface area contributed by atoms with Gasteiger partial charge in [-0.15, -0.1) is 0 Å². The first-order valence-electron chi connectivity index (χ1n) is 8.10. The van der Waals surface area contributed by atoms with Crippen LogP contribution in [-0.2, 0) is 9.59 Å². The van der Waals surface area contributed by atoms with E-state index in [2.05, 4.69) is 9.97 Å². The van der Waals surface area contributed by atoms with Crippen LogP contribution in [0.25, 0.3) is 23.1 Å². The maximum atomic E-state index is 12.1. The number of hydrogen-bond acceptors (Lipinski definition) is 6. The molecule has 7 nitrogen and oxygen atoms in total. The van der Waals surface area contributed by atoms with Crippen LogP contribution in [0.3, 0.4) is 0 Å². The van der Waals surface area contributed by atoms with Gasteiger partial charge in [0.2, 0.25) is 0 Å². The molecule has 0 radical (unpaired) electrons. The standard InChI is InChI=1S/C20H16N2O5/c1-12(23)26-15-9-7-14(18(11-15)27-13(2)24)8-10-19-21-17-6-4-3-5-16(17)20(25)22-19/h3-11H,1-2H3,(H,21,22,25). The maximum Gasteiger partial charge on any atom is 0.308 e. The van der Waals surface area contributed by atoms with Crippen LogP contribution in [-0.4, -0.2) is 21.9 Å². The average molecular weight is 364 g/mol. The second-order valence-corrected chi connectivity index (χ2v) is 5.69. The van der Waals surface area contributed by atoms with Gasteiger partial charge in [0, 0.05) is 25.5 Å². The topological polar surface area (TPSA) is 98.3 Å². The fourth-order valence-electron chi connectivity index (χ4n) is 2.48. The molecule has 0 saturated heterocycles. The molecule has 7 heteroatoms. The van der Waals surface area contributed by atoms with E-state index in [4.69, 9.17) is 9.47 Å². The van der Waals surface area contributed by atoms with Crippen molar-refractivity contribution in [1.29, 1.82) is 0 Å². The zero-order valence-electron chi connectivity index (χ0n) is 14.7. The van der Waals surface area contributed by atoms with E-state index in [0.717, 1.165) is 0 Å². The summed E-state index contributed by atoms with van der Waals surface area (Å²) >= 11 is 0. The molecule has 0 bridgehead atoms. The van der Waals surface area contributed by atoms with E-state index in [0.29, 0.717) is 22.3 Å². The molecule has 3 rings (SSSR count). The summed E-state index contributed by atoms with van der Waals surface area (Å²) in [6.45, 7) is 2.55. The van der Waals surface area contributed by atoms with Crippen LogP contribution < -0.4 is 15.0 Å². The van der Waals surface area contributed by atoms with E-state index in [-0.39, 0.29) is 17.1 Å². The zero-order valence-corrected chi connectivity index (χ0v) is 14.7. The summed E-state index contributed by atoms with van der Waals surface area (Å²) in [6, 6.07) is 11.7. The molecule has 3 aromatic rings. The molecule has 27 heavy (non-hydrogen) atoms. The lowest BCUT2D eigenvalue weighted by atomic mass is 10.1. The first-order chi connectivity index (χ1) is 12.9. The number of nitrogens with zero attached hydrogens (tertiary/aromatic N) is 1. The Labute approximate surface area is 154 Å². The van der Waals surface area contributed by atoms with Crippen molar-refractivity contribution < 1.29 is 19.1 Å². The van der Waals surface area contributed by atoms with Gasteiger partial charge < -0.3 is 14.5 Å². The Balaban J connectivity index is 1.97. The van der Waals surface area contributed by atoms with Crippen molar-refractivity contribution in [2.24, 2.45) is 0 Å². The van der Waals surface area contributed by atoms with Crippen molar-refractivity contribution >= 4 is 35.0 Å². The molecule has 1 N–H and O–H groups in total. The van der Waals surface area contributed by atoms with E-state index in [9.17, 15) is 14.4 Å². The first-order valence-corrected chi connectivity index (χ1v) is 8.10. The summed E-state index contributed by atoms with van der Waals surface area (Å²) in [4.78, 5) is 41.6. The molecular weight excluding hydrogens is 348 g/mol. The number of carbonyl (C=O) groups is 2. The highest BCUT2D eigenvalue weighted by atomic mass is 16.5. The number of H-pyrrole nitrogens is 1. The number of rotatable bonds is 4. The zero-order chi connectivity index (χ0) is 19.4. The summed E-state index contributed by atoms with van der Waals surface area (Å²) in [7, 11) is 0. The summed E-state index contributed by atoms with van der Waals surface area (Å²) < 4.78 is 10.2. The van der Waals surface area contributed by atoms with Crippen LogP contribution in [0.5, 0.6) is 11.5 Å². The minimum atomic E-state index is -0.512. The number of hydrogen-bond donors (Lipinski definition) is 1. The van der Waals surface area contributed by atoms with Gasteiger partial charge in [-0.1, -0.05) is 12.1 Å². The molecule has 0 spiro atoms. The summed E-state index contributed by atoms with van der Waals surface area (Å²) in [6.07, 6.45) is 3.24. The average Bonchev–Trinajstić information content (AvgIpc) is 2.60. The van der Waals surface area contributed by atoms with Gasteiger partial charge in [-0.3, -0.25) is 14.4 Å². The number of aromatic amines is 1. The van der Waals surface area contributed by atoms with Gasteiger partial charge >= 0.3 is 11.9 Å². The van der Waals surface area contributed by atoms with Crippen molar-refractivity contribution in [3.05, 3.63) is 64.2 Å². The lowest BCUT2D eigenvalue weighted by Gasteiger charge is -2.08. The SMILES string of the molecule is CC(=O)Oc1ccc(C=Cc2nc3ccccc3c(=O)[nH]2)c(OC(C)=O)c1. The Bertz CT molecular complexity index is 1110. The molecule has 0 atom stereocenters. The van der Waals surface area contributed by atoms with Crippen LogP contribution in [0.15, 0.2) is 47.3 Å². The summed E-state index contributed by atoms with van der Waals surface area (Å²) in [5.74, 6) is -0.155. The number of esters is 2. The smallest absolute Gasteiger partial charge is 0.308 e. The molecule has 136 valence electrons. The van der Waals surface area contributed by atoms with Crippen molar-refractivity contribution in [3.8, 4) is 11.5 Å². The molecule has 2 aromatic carbocycles. The molecule has 1 heterocycles. The number of aromatic nitrogens is 2. The largest absolute Gasteiger partial charge is 0.427 e. The number of carbonyl (C=O) groups excluding carboxylic acids is 2. The molecule has 0 saturated carbocycles. The monoisotopic (exact) mass is 364 g/mol. The third-order valence-electron chi connectivity index (χ3n) is 3.55. The normalized spacial score (nSPS) is 10.9. The third kappa shape index (κ3) is 4.46. The van der Waals surface area contributed by atoms with Gasteiger partial charge in [-0.25, -0.2) is 4.98 Å². The Hall–Kier alpha value is -3.74. The highest BCUT2D eigenvalue weighted by Gasteiger charge is 2.08. The van der Waals surface area contributed by atoms with Crippen molar-refractivity contribution in [3.63, 3.8) is 0 Å². The van der Waals surface area contributed by atoms with Gasteiger partial charge in [-0.2, -0.15) is 0 Å².